The molecular formula is C19H20N4O4S. The lowest BCUT2D eigenvalue weighted by molar-refractivity contribution is -0.119. The van der Waals surface area contributed by atoms with E-state index in [2.05, 4.69) is 15.6 Å². The van der Waals surface area contributed by atoms with Crippen LogP contribution >= 0.6 is 11.3 Å². The molecule has 1 aliphatic heterocycles. The Bertz CT molecular complexity index is 924. The van der Waals surface area contributed by atoms with Crippen LogP contribution in [-0.2, 0) is 4.79 Å². The summed E-state index contributed by atoms with van der Waals surface area (Å²) in [6.07, 6.45) is 2.15. The van der Waals surface area contributed by atoms with Crippen molar-refractivity contribution >= 4 is 34.9 Å². The number of rotatable bonds is 5. The monoisotopic (exact) mass is 400 g/mol. The number of nitrogens with zero attached hydrogens (tertiary/aromatic N) is 2. The first kappa shape index (κ1) is 18.4. The number of anilines is 1. The molecule has 9 heteroatoms. The SMILES string of the molecule is O=C(NC1CC1)c1csc(-c2cccc(NC(=O)C3CCCN3C(=O)O)c2)n1. The first-order valence-electron chi connectivity index (χ1n) is 9.18. The summed E-state index contributed by atoms with van der Waals surface area (Å²) in [5.74, 6) is -0.495. The molecule has 3 amide bonds. The van der Waals surface area contributed by atoms with Crippen LogP contribution in [0.3, 0.4) is 0 Å². The number of carbonyl (C=O) groups is 3. The predicted octanol–water partition coefficient (Wildman–Crippen LogP) is 2.78. The predicted molar refractivity (Wildman–Crippen MR) is 104 cm³/mol. The van der Waals surface area contributed by atoms with Gasteiger partial charge < -0.3 is 15.7 Å². The molecule has 2 aliphatic rings. The molecule has 1 aromatic heterocycles. The van der Waals surface area contributed by atoms with Crippen molar-refractivity contribution in [3.8, 4) is 10.6 Å². The highest BCUT2D eigenvalue weighted by molar-refractivity contribution is 7.13. The molecule has 0 radical (unpaired) electrons. The van der Waals surface area contributed by atoms with Crippen molar-refractivity contribution in [3.05, 3.63) is 35.3 Å². The van der Waals surface area contributed by atoms with Gasteiger partial charge in [0, 0.05) is 29.2 Å². The lowest BCUT2D eigenvalue weighted by Crippen LogP contribution is -2.42. The van der Waals surface area contributed by atoms with Gasteiger partial charge in [0.2, 0.25) is 5.91 Å². The third-order valence-corrected chi connectivity index (χ3v) is 5.72. The van der Waals surface area contributed by atoms with Crippen molar-refractivity contribution in [1.29, 1.82) is 0 Å². The van der Waals surface area contributed by atoms with Crippen molar-refractivity contribution in [1.82, 2.24) is 15.2 Å². The summed E-state index contributed by atoms with van der Waals surface area (Å²) < 4.78 is 0. The average molecular weight is 400 g/mol. The van der Waals surface area contributed by atoms with Crippen LogP contribution in [0.25, 0.3) is 10.6 Å². The summed E-state index contributed by atoms with van der Waals surface area (Å²) in [6, 6.07) is 6.78. The molecule has 0 spiro atoms. The van der Waals surface area contributed by atoms with Crippen LogP contribution < -0.4 is 10.6 Å². The van der Waals surface area contributed by atoms with Crippen LogP contribution in [0.15, 0.2) is 29.6 Å². The molecule has 146 valence electrons. The maximum absolute atomic E-state index is 12.5. The molecule has 2 heterocycles. The van der Waals surface area contributed by atoms with Gasteiger partial charge in [0.1, 0.15) is 16.7 Å². The molecule has 1 atom stereocenters. The Hall–Kier alpha value is -2.94. The molecule has 3 N–H and O–H groups in total. The zero-order valence-electron chi connectivity index (χ0n) is 15.1. The second-order valence-corrected chi connectivity index (χ2v) is 7.85. The minimum Gasteiger partial charge on any atom is -0.465 e. The van der Waals surface area contributed by atoms with Crippen molar-refractivity contribution in [3.63, 3.8) is 0 Å². The van der Waals surface area contributed by atoms with E-state index < -0.39 is 12.1 Å². The lowest BCUT2D eigenvalue weighted by Gasteiger charge is -2.20. The van der Waals surface area contributed by atoms with Crippen LogP contribution in [0.1, 0.15) is 36.2 Å². The number of benzene rings is 1. The fourth-order valence-corrected chi connectivity index (χ4v) is 4.02. The molecule has 1 unspecified atom stereocenters. The second-order valence-electron chi connectivity index (χ2n) is 6.99. The van der Waals surface area contributed by atoms with Gasteiger partial charge in [0.25, 0.3) is 5.91 Å². The quantitative estimate of drug-likeness (QED) is 0.715. The van der Waals surface area contributed by atoms with Gasteiger partial charge in [-0.25, -0.2) is 9.78 Å². The van der Waals surface area contributed by atoms with Gasteiger partial charge in [-0.05, 0) is 37.8 Å². The number of hydrogen-bond acceptors (Lipinski definition) is 5. The first-order valence-corrected chi connectivity index (χ1v) is 10.1. The summed E-state index contributed by atoms with van der Waals surface area (Å²) in [5.41, 5.74) is 1.75. The Kier molecular flexibility index (Phi) is 4.99. The fourth-order valence-electron chi connectivity index (χ4n) is 3.22. The molecule has 2 fully saturated rings. The van der Waals surface area contributed by atoms with Gasteiger partial charge >= 0.3 is 6.09 Å². The third-order valence-electron chi connectivity index (χ3n) is 4.83. The van der Waals surface area contributed by atoms with E-state index in [1.165, 1.54) is 16.2 Å². The molecule has 1 saturated carbocycles. The van der Waals surface area contributed by atoms with Gasteiger partial charge in [-0.1, -0.05) is 12.1 Å². The van der Waals surface area contributed by atoms with Crippen LogP contribution in [0, 0.1) is 0 Å². The van der Waals surface area contributed by atoms with Gasteiger partial charge in [0.15, 0.2) is 0 Å². The summed E-state index contributed by atoms with van der Waals surface area (Å²) in [4.78, 5) is 41.4. The highest BCUT2D eigenvalue weighted by Gasteiger charge is 2.34. The van der Waals surface area contributed by atoms with Gasteiger partial charge in [-0.2, -0.15) is 0 Å². The zero-order chi connectivity index (χ0) is 19.7. The van der Waals surface area contributed by atoms with E-state index in [1.807, 2.05) is 6.07 Å². The van der Waals surface area contributed by atoms with Crippen molar-refractivity contribution in [2.75, 3.05) is 11.9 Å². The van der Waals surface area contributed by atoms with Gasteiger partial charge in [-0.3, -0.25) is 14.5 Å². The second kappa shape index (κ2) is 7.59. The summed E-state index contributed by atoms with van der Waals surface area (Å²) in [5, 5.41) is 17.3. The van der Waals surface area contributed by atoms with E-state index >= 15 is 0 Å². The lowest BCUT2D eigenvalue weighted by atomic mass is 10.1. The molecule has 2 aromatic rings. The number of nitrogens with one attached hydrogen (secondary N) is 2. The standard InChI is InChI=1S/C19H20N4O4S/c24-16(20-12-6-7-12)14-10-28-18(22-14)11-3-1-4-13(9-11)21-17(25)15-5-2-8-23(15)19(26)27/h1,3-4,9-10,12,15H,2,5-8H2,(H,20,24)(H,21,25)(H,26,27). The first-order chi connectivity index (χ1) is 13.5. The summed E-state index contributed by atoms with van der Waals surface area (Å²) >= 11 is 1.37. The third kappa shape index (κ3) is 3.99. The Morgan fingerprint density at radius 3 is 2.79 bits per heavy atom. The highest BCUT2D eigenvalue weighted by Crippen LogP contribution is 2.27. The number of thiazole rings is 1. The summed E-state index contributed by atoms with van der Waals surface area (Å²) in [6.45, 7) is 0.373. The smallest absolute Gasteiger partial charge is 0.407 e. The minimum atomic E-state index is -1.08. The van der Waals surface area contributed by atoms with Crippen molar-refractivity contribution in [2.24, 2.45) is 0 Å². The van der Waals surface area contributed by atoms with Crippen molar-refractivity contribution < 1.29 is 19.5 Å². The number of carboxylic acid groups (broad SMARTS) is 1. The van der Waals surface area contributed by atoms with Crippen LogP contribution in [0.5, 0.6) is 0 Å². The van der Waals surface area contributed by atoms with Gasteiger partial charge in [0.05, 0.1) is 0 Å². The van der Waals surface area contributed by atoms with Gasteiger partial charge in [-0.15, -0.1) is 11.3 Å². The van der Waals surface area contributed by atoms with Crippen LogP contribution in [0.2, 0.25) is 0 Å². The van der Waals surface area contributed by atoms with E-state index in [4.69, 9.17) is 0 Å². The molecule has 8 nitrogen and oxygen atoms in total. The van der Waals surface area contributed by atoms with E-state index in [0.717, 1.165) is 18.4 Å². The van der Waals surface area contributed by atoms with Crippen LogP contribution in [-0.4, -0.2) is 51.5 Å². The minimum absolute atomic E-state index is 0.163. The molecular weight excluding hydrogens is 380 g/mol. The topological polar surface area (TPSA) is 112 Å². The van der Waals surface area contributed by atoms with E-state index in [9.17, 15) is 19.5 Å². The number of amides is 3. The van der Waals surface area contributed by atoms with E-state index in [-0.39, 0.29) is 17.9 Å². The Morgan fingerprint density at radius 2 is 2.04 bits per heavy atom. The Balaban J connectivity index is 1.46. The number of carbonyl (C=O) groups excluding carboxylic acids is 2. The fraction of sp³-hybridized carbons (Fsp3) is 0.368. The number of likely N-dealkylation sites (tertiary alicyclic amines) is 1. The van der Waals surface area contributed by atoms with E-state index in [0.29, 0.717) is 35.8 Å². The van der Waals surface area contributed by atoms with Crippen molar-refractivity contribution in [2.45, 2.75) is 37.8 Å². The van der Waals surface area contributed by atoms with E-state index in [1.54, 1.807) is 23.6 Å². The number of aromatic nitrogens is 1. The molecule has 0 bridgehead atoms. The normalized spacial score (nSPS) is 18.7. The Morgan fingerprint density at radius 1 is 1.21 bits per heavy atom. The maximum Gasteiger partial charge on any atom is 0.407 e. The molecule has 28 heavy (non-hydrogen) atoms. The Labute approximate surface area is 165 Å². The summed E-state index contributed by atoms with van der Waals surface area (Å²) in [7, 11) is 0. The number of hydrogen-bond donors (Lipinski definition) is 3. The molecule has 1 saturated heterocycles. The van der Waals surface area contributed by atoms with Crippen LogP contribution in [0.4, 0.5) is 10.5 Å². The average Bonchev–Trinajstić information content (AvgIpc) is 3.16. The molecule has 1 aromatic carbocycles. The molecule has 1 aliphatic carbocycles. The maximum atomic E-state index is 12.5. The molecule has 4 rings (SSSR count). The largest absolute Gasteiger partial charge is 0.465 e. The highest BCUT2D eigenvalue weighted by atomic mass is 32.1. The zero-order valence-corrected chi connectivity index (χ0v) is 15.9.